The minimum atomic E-state index is -4.54. The Balaban J connectivity index is 2.33. The van der Waals surface area contributed by atoms with Gasteiger partial charge in [0.05, 0.1) is 5.57 Å². The predicted octanol–water partition coefficient (Wildman–Crippen LogP) is 6.59. The van der Waals surface area contributed by atoms with Crippen LogP contribution >= 0.6 is 0 Å². The second-order valence-electron chi connectivity index (χ2n) is 7.24. The second kappa shape index (κ2) is 8.55. The summed E-state index contributed by atoms with van der Waals surface area (Å²) >= 11 is 0. The fourth-order valence-electron chi connectivity index (χ4n) is 3.32. The van der Waals surface area contributed by atoms with E-state index < -0.39 is 11.7 Å². The van der Waals surface area contributed by atoms with Gasteiger partial charge in [0.2, 0.25) is 0 Å². The van der Waals surface area contributed by atoms with Gasteiger partial charge in [0.1, 0.15) is 6.29 Å². The summed E-state index contributed by atoms with van der Waals surface area (Å²) in [6.07, 6.45) is 9.37. The molecule has 0 N–H and O–H groups in total. The van der Waals surface area contributed by atoms with E-state index >= 15 is 0 Å². The lowest BCUT2D eigenvalue weighted by atomic mass is 9.90. The van der Waals surface area contributed by atoms with Gasteiger partial charge < -0.3 is 0 Å². The third kappa shape index (κ3) is 5.09. The number of rotatable bonds is 5. The number of carbonyl (C=O) groups is 1. The minimum absolute atomic E-state index is 0.145. The van der Waals surface area contributed by atoms with Crippen LogP contribution < -0.4 is 0 Å². The van der Waals surface area contributed by atoms with E-state index in [1.54, 1.807) is 6.08 Å². The number of hydrogen-bond acceptors (Lipinski definition) is 1. The molecule has 0 spiro atoms. The van der Waals surface area contributed by atoms with Gasteiger partial charge in [-0.25, -0.2) is 0 Å². The average molecular weight is 374 g/mol. The Morgan fingerprint density at radius 3 is 2.48 bits per heavy atom. The summed E-state index contributed by atoms with van der Waals surface area (Å²) in [7, 11) is 0. The lowest BCUT2D eigenvalue weighted by molar-refractivity contribution is -0.106. The van der Waals surface area contributed by atoms with E-state index in [4.69, 9.17) is 0 Å². The van der Waals surface area contributed by atoms with E-state index in [1.807, 2.05) is 6.08 Å². The van der Waals surface area contributed by atoms with Crippen LogP contribution in [0.1, 0.15) is 34.1 Å². The normalized spacial score (nSPS) is 21.6. The Morgan fingerprint density at radius 2 is 1.89 bits per heavy atom. The van der Waals surface area contributed by atoms with Crippen molar-refractivity contribution in [1.82, 2.24) is 0 Å². The molecule has 1 unspecified atom stereocenters. The van der Waals surface area contributed by atoms with Gasteiger partial charge >= 0.3 is 6.18 Å². The number of aldehydes is 1. The van der Waals surface area contributed by atoms with Crippen molar-refractivity contribution in [1.29, 1.82) is 0 Å². The van der Waals surface area contributed by atoms with Gasteiger partial charge in [0.15, 0.2) is 0 Å². The monoisotopic (exact) mass is 374 g/mol. The van der Waals surface area contributed by atoms with Crippen LogP contribution in [-0.2, 0) is 4.79 Å². The second-order valence-corrected chi connectivity index (χ2v) is 7.24. The quantitative estimate of drug-likeness (QED) is 0.301. The van der Waals surface area contributed by atoms with E-state index in [2.05, 4.69) is 45.9 Å². The fraction of sp³-hybridized carbons (Fsp3) is 0.348. The van der Waals surface area contributed by atoms with Gasteiger partial charge in [-0.1, -0.05) is 50.3 Å². The molecule has 0 radical (unpaired) electrons. The van der Waals surface area contributed by atoms with Crippen LogP contribution in [0, 0.1) is 11.8 Å². The molecule has 0 aliphatic heterocycles. The summed E-state index contributed by atoms with van der Waals surface area (Å²) in [6.45, 7) is 8.57. The molecule has 2 rings (SSSR count). The van der Waals surface area contributed by atoms with Gasteiger partial charge in [0.25, 0.3) is 0 Å². The number of halogens is 3. The molecule has 0 aromatic rings. The van der Waals surface area contributed by atoms with Crippen LogP contribution in [0.2, 0.25) is 0 Å². The molecule has 0 bridgehead atoms. The molecule has 0 amide bonds. The van der Waals surface area contributed by atoms with Crippen molar-refractivity contribution in [3.05, 3.63) is 82.0 Å². The summed E-state index contributed by atoms with van der Waals surface area (Å²) in [6, 6.07) is 0. The molecule has 0 saturated carbocycles. The van der Waals surface area contributed by atoms with Crippen molar-refractivity contribution in [3.8, 4) is 0 Å². The van der Waals surface area contributed by atoms with Crippen molar-refractivity contribution in [3.63, 3.8) is 0 Å². The van der Waals surface area contributed by atoms with Crippen LogP contribution in [0.4, 0.5) is 13.2 Å². The maximum absolute atomic E-state index is 12.8. The van der Waals surface area contributed by atoms with Crippen molar-refractivity contribution in [2.75, 3.05) is 0 Å². The third-order valence-corrected chi connectivity index (χ3v) is 4.92. The number of alkyl halides is 3. The maximum Gasteiger partial charge on any atom is 0.416 e. The van der Waals surface area contributed by atoms with E-state index in [0.717, 1.165) is 23.6 Å². The average Bonchev–Trinajstić information content (AvgIpc) is 2.76. The van der Waals surface area contributed by atoms with Crippen LogP contribution in [0.3, 0.4) is 0 Å². The van der Waals surface area contributed by atoms with Gasteiger partial charge in [-0.05, 0) is 72.1 Å². The molecule has 0 heterocycles. The Morgan fingerprint density at radius 1 is 1.19 bits per heavy atom. The number of allylic oxidation sites excluding steroid dienone is 14. The van der Waals surface area contributed by atoms with Crippen molar-refractivity contribution in [2.24, 2.45) is 11.8 Å². The first-order valence-electron chi connectivity index (χ1n) is 9.04. The van der Waals surface area contributed by atoms with Crippen molar-refractivity contribution in [2.45, 2.75) is 40.3 Å². The largest absolute Gasteiger partial charge is 0.416 e. The molecule has 2 aliphatic rings. The van der Waals surface area contributed by atoms with Crippen molar-refractivity contribution < 1.29 is 18.0 Å². The maximum atomic E-state index is 12.8. The molecular formula is C23H25F3O. The molecule has 27 heavy (non-hydrogen) atoms. The zero-order chi connectivity index (χ0) is 20.2. The lowest BCUT2D eigenvalue weighted by Gasteiger charge is -2.15. The molecule has 2 aliphatic carbocycles. The highest BCUT2D eigenvalue weighted by atomic mass is 19.4. The summed E-state index contributed by atoms with van der Waals surface area (Å²) in [4.78, 5) is 10.4. The van der Waals surface area contributed by atoms with E-state index in [9.17, 15) is 18.0 Å². The highest BCUT2D eigenvalue weighted by Crippen LogP contribution is 2.40. The van der Waals surface area contributed by atoms with Gasteiger partial charge in [-0.3, -0.25) is 4.79 Å². The first-order chi connectivity index (χ1) is 12.6. The Labute approximate surface area is 159 Å². The highest BCUT2D eigenvalue weighted by molar-refractivity contribution is 5.69. The fourth-order valence-corrected chi connectivity index (χ4v) is 3.32. The Hall–Kier alpha value is -2.36. The SMILES string of the molecule is CC1=CC(/C=C/C=C/C(=C\C=O)C(F)(F)F)=C2C(C)=CCC(C(C)C)C=C12. The first kappa shape index (κ1) is 20.9. The molecule has 1 nitrogen and oxygen atoms in total. The number of fused-ring (bicyclic) bond motifs is 1. The van der Waals surface area contributed by atoms with Crippen LogP contribution in [0.25, 0.3) is 0 Å². The highest BCUT2D eigenvalue weighted by Gasteiger charge is 2.31. The summed E-state index contributed by atoms with van der Waals surface area (Å²) < 4.78 is 38.3. The van der Waals surface area contributed by atoms with Crippen molar-refractivity contribution >= 4 is 6.29 Å². The summed E-state index contributed by atoms with van der Waals surface area (Å²) in [5.41, 5.74) is 4.77. The van der Waals surface area contributed by atoms with Crippen LogP contribution in [-0.4, -0.2) is 12.5 Å². The molecule has 1 atom stereocenters. The molecule has 0 fully saturated rings. The van der Waals surface area contributed by atoms with E-state index in [0.29, 0.717) is 17.9 Å². The zero-order valence-corrected chi connectivity index (χ0v) is 16.1. The molecule has 0 saturated heterocycles. The summed E-state index contributed by atoms with van der Waals surface area (Å²) in [5.74, 6) is 1.02. The third-order valence-electron chi connectivity index (χ3n) is 4.92. The summed E-state index contributed by atoms with van der Waals surface area (Å²) in [5, 5.41) is 0. The van der Waals surface area contributed by atoms with Crippen LogP contribution in [0.5, 0.6) is 0 Å². The predicted molar refractivity (Wildman–Crippen MR) is 104 cm³/mol. The van der Waals surface area contributed by atoms with Crippen LogP contribution in [0.15, 0.2) is 82.0 Å². The molecule has 4 heteroatoms. The smallest absolute Gasteiger partial charge is 0.299 e. The van der Waals surface area contributed by atoms with Gasteiger partial charge in [-0.2, -0.15) is 13.2 Å². The standard InChI is InChI=1S/C23H25F3O/c1-15(2)18-10-9-16(3)22-19(13-17(4)21(22)14-18)7-5-6-8-20(11-12-27)23(24,25)26/h5-9,11-15,18H,10H2,1-4H3/b7-5+,8-6+,20-11+. The minimum Gasteiger partial charge on any atom is -0.299 e. The number of carbonyl (C=O) groups excluding carboxylic acids is 1. The molecule has 0 aromatic heterocycles. The molecule has 144 valence electrons. The Kier molecular flexibility index (Phi) is 6.63. The van der Waals surface area contributed by atoms with Gasteiger partial charge in [0, 0.05) is 0 Å². The lowest BCUT2D eigenvalue weighted by Crippen LogP contribution is -2.09. The Bertz CT molecular complexity index is 809. The first-order valence-corrected chi connectivity index (χ1v) is 9.04. The number of hydrogen-bond donors (Lipinski definition) is 0. The topological polar surface area (TPSA) is 17.1 Å². The van der Waals surface area contributed by atoms with E-state index in [-0.39, 0.29) is 6.29 Å². The van der Waals surface area contributed by atoms with E-state index in [1.165, 1.54) is 22.8 Å². The molecule has 0 aromatic carbocycles. The molecular weight excluding hydrogens is 349 g/mol. The zero-order valence-electron chi connectivity index (χ0n) is 16.1. The van der Waals surface area contributed by atoms with Gasteiger partial charge in [-0.15, -0.1) is 0 Å².